The fourth-order valence-electron chi connectivity index (χ4n) is 3.80. The Morgan fingerprint density at radius 1 is 1.04 bits per heavy atom. The minimum Gasteiger partial charge on any atom is -0.340 e. The van der Waals surface area contributed by atoms with E-state index in [4.69, 9.17) is 5.10 Å². The Morgan fingerprint density at radius 2 is 1.69 bits per heavy atom. The van der Waals surface area contributed by atoms with E-state index < -0.39 is 0 Å². The van der Waals surface area contributed by atoms with Crippen molar-refractivity contribution in [3.05, 3.63) is 82.2 Å². The summed E-state index contributed by atoms with van der Waals surface area (Å²) in [7, 11) is 0. The number of carbonyl (C=O) groups is 1. The number of benzene rings is 2. The van der Waals surface area contributed by atoms with E-state index in [0.717, 1.165) is 33.6 Å². The molecule has 2 aromatic carbocycles. The summed E-state index contributed by atoms with van der Waals surface area (Å²) in [6.45, 7) is 8.38. The van der Waals surface area contributed by atoms with Crippen LogP contribution in [-0.2, 0) is 0 Å². The molecule has 0 radical (unpaired) electrons. The van der Waals surface area contributed by atoms with Gasteiger partial charge in [-0.25, -0.2) is 4.68 Å². The zero-order chi connectivity index (χ0) is 18.4. The fourth-order valence-corrected chi connectivity index (χ4v) is 3.80. The number of fused-ring (bicyclic) bond motifs is 1. The molecule has 1 atom stereocenters. The highest BCUT2D eigenvalue weighted by Crippen LogP contribution is 2.37. The maximum Gasteiger partial charge on any atom is 0.271 e. The van der Waals surface area contributed by atoms with Gasteiger partial charge in [0.25, 0.3) is 5.91 Å². The van der Waals surface area contributed by atoms with Crippen LogP contribution in [0.4, 0.5) is 0 Å². The lowest BCUT2D eigenvalue weighted by Gasteiger charge is -2.14. The highest BCUT2D eigenvalue weighted by atomic mass is 16.2. The smallest absolute Gasteiger partial charge is 0.271 e. The molecule has 0 saturated heterocycles. The third-order valence-electron chi connectivity index (χ3n) is 4.86. The lowest BCUT2D eigenvalue weighted by atomic mass is 9.95. The molecule has 4 nitrogen and oxygen atoms in total. The van der Waals surface area contributed by atoms with Gasteiger partial charge in [0.05, 0.1) is 17.4 Å². The summed E-state index contributed by atoms with van der Waals surface area (Å²) < 4.78 is 1.82. The Hall–Kier alpha value is -2.88. The number of aromatic nitrogens is 2. The minimum atomic E-state index is -0.143. The number of nitrogens with zero attached hydrogens (tertiary/aromatic N) is 2. The molecule has 4 rings (SSSR count). The van der Waals surface area contributed by atoms with Gasteiger partial charge in [0.2, 0.25) is 0 Å². The second kappa shape index (κ2) is 6.13. The highest BCUT2D eigenvalue weighted by molar-refractivity contribution is 5.99. The van der Waals surface area contributed by atoms with Crippen LogP contribution in [0.15, 0.2) is 48.5 Å². The summed E-state index contributed by atoms with van der Waals surface area (Å²) in [4.78, 5) is 12.9. The van der Waals surface area contributed by atoms with E-state index in [9.17, 15) is 4.79 Å². The number of aryl methyl sites for hydroxylation is 2. The van der Waals surface area contributed by atoms with Crippen LogP contribution in [-0.4, -0.2) is 15.7 Å². The summed E-state index contributed by atoms with van der Waals surface area (Å²) in [6, 6.07) is 16.2. The van der Waals surface area contributed by atoms with E-state index in [0.29, 0.717) is 5.69 Å². The molecule has 1 amide bonds. The van der Waals surface area contributed by atoms with Crippen LogP contribution in [0.3, 0.4) is 0 Å². The molecule has 3 aromatic rings. The monoisotopic (exact) mass is 345 g/mol. The first-order valence-corrected chi connectivity index (χ1v) is 9.03. The number of hydrogen-bond donors (Lipinski definition) is 1. The zero-order valence-corrected chi connectivity index (χ0v) is 15.6. The molecule has 0 bridgehead atoms. The maximum atomic E-state index is 12.9. The molecule has 1 aromatic heterocycles. The van der Waals surface area contributed by atoms with Gasteiger partial charge in [0.1, 0.15) is 5.69 Å². The van der Waals surface area contributed by atoms with E-state index in [1.165, 1.54) is 0 Å². The summed E-state index contributed by atoms with van der Waals surface area (Å²) >= 11 is 0. The topological polar surface area (TPSA) is 46.9 Å². The van der Waals surface area contributed by atoms with Crippen LogP contribution in [0, 0.1) is 13.8 Å². The largest absolute Gasteiger partial charge is 0.340 e. The molecule has 1 unspecified atom stereocenters. The quantitative estimate of drug-likeness (QED) is 0.762. The van der Waals surface area contributed by atoms with Crippen molar-refractivity contribution in [1.29, 1.82) is 0 Å². The first-order chi connectivity index (χ1) is 12.5. The predicted octanol–water partition coefficient (Wildman–Crippen LogP) is 4.45. The molecule has 0 spiro atoms. The molecular weight excluding hydrogens is 322 g/mol. The van der Waals surface area contributed by atoms with Gasteiger partial charge in [0.15, 0.2) is 0 Å². The molecule has 0 fully saturated rings. The molecule has 4 heteroatoms. The van der Waals surface area contributed by atoms with Gasteiger partial charge in [-0.3, -0.25) is 4.79 Å². The number of hydrogen-bond acceptors (Lipinski definition) is 2. The van der Waals surface area contributed by atoms with Crippen LogP contribution in [0.25, 0.3) is 5.69 Å². The lowest BCUT2D eigenvalue weighted by Crippen LogP contribution is -2.23. The molecule has 1 aliphatic heterocycles. The Bertz CT molecular complexity index is 966. The molecular formula is C22H23N3O. The zero-order valence-electron chi connectivity index (χ0n) is 15.6. The Morgan fingerprint density at radius 3 is 2.31 bits per heavy atom. The van der Waals surface area contributed by atoms with E-state index in [2.05, 4.69) is 63.3 Å². The van der Waals surface area contributed by atoms with Gasteiger partial charge in [-0.2, -0.15) is 5.10 Å². The lowest BCUT2D eigenvalue weighted by molar-refractivity contribution is 0.0953. The number of carbonyl (C=O) groups excluding carboxylic acids is 1. The fraction of sp³-hybridized carbons (Fsp3) is 0.273. The number of nitrogens with one attached hydrogen (secondary N) is 1. The van der Waals surface area contributed by atoms with Crippen LogP contribution in [0.2, 0.25) is 0 Å². The Kier molecular flexibility index (Phi) is 3.91. The van der Waals surface area contributed by atoms with Crippen molar-refractivity contribution in [3.63, 3.8) is 0 Å². The Labute approximate surface area is 153 Å². The van der Waals surface area contributed by atoms with E-state index in [1.807, 2.05) is 22.9 Å². The van der Waals surface area contributed by atoms with Crippen molar-refractivity contribution in [1.82, 2.24) is 15.1 Å². The number of amides is 1. The SMILES string of the molecule is Cc1cc(C)cc(-n2nc(C(C)C)c3c2C(=O)NC3c2ccccc2)c1. The predicted molar refractivity (Wildman–Crippen MR) is 103 cm³/mol. The maximum absolute atomic E-state index is 12.9. The standard InChI is InChI=1S/C22H23N3O/c1-13(2)19-18-20(16-8-6-5-7-9-16)23-22(26)21(18)25(24-19)17-11-14(3)10-15(4)12-17/h5-13,20H,1-4H3,(H,23,26). The van der Waals surface area contributed by atoms with Crippen LogP contribution >= 0.6 is 0 Å². The van der Waals surface area contributed by atoms with E-state index in [-0.39, 0.29) is 17.9 Å². The van der Waals surface area contributed by atoms with Gasteiger partial charge >= 0.3 is 0 Å². The molecule has 0 aliphatic carbocycles. The van der Waals surface area contributed by atoms with Gasteiger partial charge < -0.3 is 5.32 Å². The number of rotatable bonds is 3. The second-order valence-corrected chi connectivity index (χ2v) is 7.38. The molecule has 0 saturated carbocycles. The summed E-state index contributed by atoms with van der Waals surface area (Å²) in [6.07, 6.45) is 0. The molecule has 132 valence electrons. The van der Waals surface area contributed by atoms with Crippen molar-refractivity contribution in [2.45, 2.75) is 39.7 Å². The highest BCUT2D eigenvalue weighted by Gasteiger charge is 2.38. The van der Waals surface area contributed by atoms with Crippen molar-refractivity contribution < 1.29 is 4.79 Å². The average Bonchev–Trinajstić information content (AvgIpc) is 3.14. The molecule has 1 aliphatic rings. The van der Waals surface area contributed by atoms with Crippen molar-refractivity contribution in [2.75, 3.05) is 0 Å². The van der Waals surface area contributed by atoms with Crippen molar-refractivity contribution in [2.24, 2.45) is 0 Å². The van der Waals surface area contributed by atoms with E-state index >= 15 is 0 Å². The van der Waals surface area contributed by atoms with Crippen LogP contribution < -0.4 is 5.32 Å². The summed E-state index contributed by atoms with van der Waals surface area (Å²) in [5.74, 6) is 0.169. The van der Waals surface area contributed by atoms with Crippen LogP contribution in [0.5, 0.6) is 0 Å². The normalized spacial score (nSPS) is 16.0. The van der Waals surface area contributed by atoms with Gasteiger partial charge in [0, 0.05) is 5.56 Å². The first kappa shape index (κ1) is 16.6. The van der Waals surface area contributed by atoms with Gasteiger partial charge in [-0.15, -0.1) is 0 Å². The molecule has 1 N–H and O–H groups in total. The van der Waals surface area contributed by atoms with Gasteiger partial charge in [-0.1, -0.05) is 50.2 Å². The third-order valence-corrected chi connectivity index (χ3v) is 4.86. The second-order valence-electron chi connectivity index (χ2n) is 7.38. The summed E-state index contributed by atoms with van der Waals surface area (Å²) in [5.41, 5.74) is 6.99. The van der Waals surface area contributed by atoms with Gasteiger partial charge in [-0.05, 0) is 48.6 Å². The molecule has 26 heavy (non-hydrogen) atoms. The van der Waals surface area contributed by atoms with E-state index in [1.54, 1.807) is 0 Å². The Balaban J connectivity index is 1.95. The van der Waals surface area contributed by atoms with Crippen molar-refractivity contribution >= 4 is 5.91 Å². The average molecular weight is 345 g/mol. The summed E-state index contributed by atoms with van der Waals surface area (Å²) in [5, 5.41) is 8.02. The molecule has 2 heterocycles. The minimum absolute atomic E-state index is 0.0626. The van der Waals surface area contributed by atoms with Crippen LogP contribution in [0.1, 0.15) is 64.2 Å². The third kappa shape index (κ3) is 2.62. The first-order valence-electron chi connectivity index (χ1n) is 9.03. The van der Waals surface area contributed by atoms with Crippen molar-refractivity contribution in [3.8, 4) is 5.69 Å².